The van der Waals surface area contributed by atoms with Gasteiger partial charge in [0.1, 0.15) is 0 Å². The fourth-order valence-electron chi connectivity index (χ4n) is 2.78. The number of hydrogen-bond acceptors (Lipinski definition) is 4. The van der Waals surface area contributed by atoms with Crippen molar-refractivity contribution in [1.29, 1.82) is 0 Å². The topological polar surface area (TPSA) is 67.1 Å². The third-order valence-corrected chi connectivity index (χ3v) is 5.18. The lowest BCUT2D eigenvalue weighted by Crippen LogP contribution is -2.28. The van der Waals surface area contributed by atoms with Crippen molar-refractivity contribution in [1.82, 2.24) is 14.9 Å². The Kier molecular flexibility index (Phi) is 6.57. The number of hydrogen-bond donors (Lipinski definition) is 2. The van der Waals surface area contributed by atoms with Crippen LogP contribution in [-0.4, -0.2) is 32.9 Å². The van der Waals surface area contributed by atoms with Crippen LogP contribution in [0.3, 0.4) is 0 Å². The Morgan fingerprint density at radius 1 is 1.48 bits per heavy atom. The van der Waals surface area contributed by atoms with Gasteiger partial charge in [-0.3, -0.25) is 4.79 Å². The highest BCUT2D eigenvalue weighted by atomic mass is 32.2. The van der Waals surface area contributed by atoms with E-state index in [2.05, 4.69) is 10.3 Å². The molecule has 2 rings (SSSR count). The van der Waals surface area contributed by atoms with Gasteiger partial charge < -0.3 is 15.0 Å². The largest absolute Gasteiger partial charge is 0.390 e. The molecule has 0 bridgehead atoms. The number of aliphatic hydroxyl groups is 1. The number of aromatic nitrogens is 2. The van der Waals surface area contributed by atoms with E-state index in [0.717, 1.165) is 29.7 Å². The molecule has 1 aliphatic carbocycles. The summed E-state index contributed by atoms with van der Waals surface area (Å²) in [6.07, 6.45) is 9.46. The predicted octanol–water partition coefficient (Wildman–Crippen LogP) is 2.09. The highest BCUT2D eigenvalue weighted by Crippen LogP contribution is 2.25. The molecular formula is C15H25N3O2S. The summed E-state index contributed by atoms with van der Waals surface area (Å²) in [5.41, 5.74) is 0.759. The molecule has 1 aliphatic rings. The molecule has 0 radical (unpaired) electrons. The van der Waals surface area contributed by atoms with Gasteiger partial charge in [-0.1, -0.05) is 43.9 Å². The van der Waals surface area contributed by atoms with Crippen molar-refractivity contribution in [2.24, 2.45) is 13.0 Å². The second-order valence-corrected chi connectivity index (χ2v) is 6.62. The van der Waals surface area contributed by atoms with Crippen LogP contribution in [0, 0.1) is 5.92 Å². The van der Waals surface area contributed by atoms with Crippen LogP contribution in [0.2, 0.25) is 0 Å². The average Bonchev–Trinajstić information content (AvgIpc) is 2.86. The van der Waals surface area contributed by atoms with Crippen LogP contribution in [0.4, 0.5) is 0 Å². The summed E-state index contributed by atoms with van der Waals surface area (Å²) in [6.45, 7) is 0.754. The van der Waals surface area contributed by atoms with Crippen molar-refractivity contribution in [3.63, 3.8) is 0 Å². The summed E-state index contributed by atoms with van der Waals surface area (Å²) < 4.78 is 1.82. The van der Waals surface area contributed by atoms with Crippen LogP contribution in [0.5, 0.6) is 0 Å². The zero-order chi connectivity index (χ0) is 15.1. The van der Waals surface area contributed by atoms with Gasteiger partial charge in [-0.25, -0.2) is 4.98 Å². The van der Waals surface area contributed by atoms with E-state index >= 15 is 0 Å². The number of nitrogens with zero attached hydrogens (tertiary/aromatic N) is 2. The van der Waals surface area contributed by atoms with Gasteiger partial charge >= 0.3 is 0 Å². The number of amides is 1. The molecule has 21 heavy (non-hydrogen) atoms. The molecule has 0 unspecified atom stereocenters. The Hall–Kier alpha value is -1.01. The number of imidazole rings is 1. The van der Waals surface area contributed by atoms with Crippen LogP contribution in [0.15, 0.2) is 11.4 Å². The average molecular weight is 311 g/mol. The van der Waals surface area contributed by atoms with Gasteiger partial charge in [-0.05, 0) is 12.3 Å². The van der Waals surface area contributed by atoms with Gasteiger partial charge in [0.15, 0.2) is 5.16 Å². The van der Waals surface area contributed by atoms with Crippen molar-refractivity contribution in [3.8, 4) is 0 Å². The summed E-state index contributed by atoms with van der Waals surface area (Å²) in [5, 5.41) is 12.9. The van der Waals surface area contributed by atoms with Gasteiger partial charge in [0.2, 0.25) is 5.91 Å². The van der Waals surface area contributed by atoms with Crippen LogP contribution in [0.1, 0.15) is 44.2 Å². The summed E-state index contributed by atoms with van der Waals surface area (Å²) >= 11 is 1.41. The van der Waals surface area contributed by atoms with Gasteiger partial charge in [0.25, 0.3) is 0 Å². The van der Waals surface area contributed by atoms with Crippen LogP contribution in [0.25, 0.3) is 0 Å². The van der Waals surface area contributed by atoms with E-state index in [9.17, 15) is 4.79 Å². The number of carbonyl (C=O) groups excluding carboxylic acids is 1. The summed E-state index contributed by atoms with van der Waals surface area (Å²) in [6, 6.07) is 0. The quantitative estimate of drug-likeness (QED) is 0.757. The van der Waals surface area contributed by atoms with E-state index in [-0.39, 0.29) is 12.5 Å². The number of aliphatic hydroxyl groups excluding tert-OH is 1. The molecule has 1 aromatic rings. The fraction of sp³-hybridized carbons (Fsp3) is 0.733. The maximum atomic E-state index is 11.8. The standard InChI is InChI=1S/C15H25N3O2S/c1-18-13(10-19)9-17-15(18)21-11-14(20)16-8-7-12-5-3-2-4-6-12/h9,12,19H,2-8,10-11H2,1H3,(H,16,20). The molecule has 0 atom stereocenters. The fourth-order valence-corrected chi connectivity index (χ4v) is 3.58. The highest BCUT2D eigenvalue weighted by molar-refractivity contribution is 7.99. The minimum Gasteiger partial charge on any atom is -0.390 e. The summed E-state index contributed by atoms with van der Waals surface area (Å²) in [5.74, 6) is 1.23. The normalized spacial score (nSPS) is 16.1. The molecule has 0 aromatic carbocycles. The lowest BCUT2D eigenvalue weighted by molar-refractivity contribution is -0.118. The molecule has 1 fully saturated rings. The summed E-state index contributed by atoms with van der Waals surface area (Å²) in [4.78, 5) is 16.0. The number of rotatable bonds is 7. The monoisotopic (exact) mass is 311 g/mol. The third kappa shape index (κ3) is 5.04. The number of thioether (sulfide) groups is 1. The van der Waals surface area contributed by atoms with Crippen molar-refractivity contribution in [2.75, 3.05) is 12.3 Å². The van der Waals surface area contributed by atoms with E-state index in [4.69, 9.17) is 5.11 Å². The highest BCUT2D eigenvalue weighted by Gasteiger charge is 2.14. The number of nitrogens with one attached hydrogen (secondary N) is 1. The molecule has 1 saturated carbocycles. The van der Waals surface area contributed by atoms with E-state index in [1.54, 1.807) is 6.20 Å². The molecule has 1 aromatic heterocycles. The molecular weight excluding hydrogens is 286 g/mol. The SMILES string of the molecule is Cn1c(CO)cnc1SCC(=O)NCCC1CCCCC1. The zero-order valence-electron chi connectivity index (χ0n) is 12.7. The Balaban J connectivity index is 1.63. The van der Waals surface area contributed by atoms with Gasteiger partial charge in [0.05, 0.1) is 24.3 Å². The van der Waals surface area contributed by atoms with E-state index in [1.165, 1.54) is 43.9 Å². The molecule has 0 spiro atoms. The van der Waals surface area contributed by atoms with Crippen LogP contribution in [-0.2, 0) is 18.4 Å². The smallest absolute Gasteiger partial charge is 0.230 e. The Morgan fingerprint density at radius 2 is 2.24 bits per heavy atom. The van der Waals surface area contributed by atoms with Gasteiger partial charge in [-0.2, -0.15) is 0 Å². The van der Waals surface area contributed by atoms with Gasteiger partial charge in [-0.15, -0.1) is 0 Å². The van der Waals surface area contributed by atoms with Crippen molar-refractivity contribution >= 4 is 17.7 Å². The van der Waals surface area contributed by atoms with Crippen molar-refractivity contribution < 1.29 is 9.90 Å². The second kappa shape index (κ2) is 8.44. The third-order valence-electron chi connectivity index (χ3n) is 4.14. The van der Waals surface area contributed by atoms with Crippen molar-refractivity contribution in [3.05, 3.63) is 11.9 Å². The first-order valence-corrected chi connectivity index (χ1v) is 8.70. The molecule has 0 saturated heterocycles. The molecule has 118 valence electrons. The molecule has 2 N–H and O–H groups in total. The predicted molar refractivity (Wildman–Crippen MR) is 84.1 cm³/mol. The molecule has 0 aliphatic heterocycles. The Labute approximate surface area is 130 Å². The first-order valence-electron chi connectivity index (χ1n) is 7.71. The lowest BCUT2D eigenvalue weighted by atomic mass is 9.87. The van der Waals surface area contributed by atoms with E-state index in [0.29, 0.717) is 5.75 Å². The first kappa shape index (κ1) is 16.4. The first-order chi connectivity index (χ1) is 10.2. The van der Waals surface area contributed by atoms with E-state index in [1.807, 2.05) is 11.6 Å². The molecule has 1 heterocycles. The maximum absolute atomic E-state index is 11.8. The maximum Gasteiger partial charge on any atom is 0.230 e. The molecule has 6 heteroatoms. The minimum atomic E-state index is -0.0301. The van der Waals surface area contributed by atoms with Crippen molar-refractivity contribution in [2.45, 2.75) is 50.3 Å². The van der Waals surface area contributed by atoms with Crippen LogP contribution < -0.4 is 5.32 Å². The van der Waals surface area contributed by atoms with Gasteiger partial charge in [0, 0.05) is 13.6 Å². The number of carbonyl (C=O) groups is 1. The summed E-state index contributed by atoms with van der Waals surface area (Å²) in [7, 11) is 1.85. The Bertz CT molecular complexity index is 456. The zero-order valence-corrected chi connectivity index (χ0v) is 13.5. The molecule has 1 amide bonds. The molecule has 5 nitrogen and oxygen atoms in total. The minimum absolute atomic E-state index is 0.0301. The lowest BCUT2D eigenvalue weighted by Gasteiger charge is -2.21. The van der Waals surface area contributed by atoms with Crippen LogP contribution >= 0.6 is 11.8 Å². The Morgan fingerprint density at radius 3 is 2.90 bits per heavy atom. The second-order valence-electron chi connectivity index (χ2n) is 5.68. The van der Waals surface area contributed by atoms with E-state index < -0.39 is 0 Å².